The van der Waals surface area contributed by atoms with E-state index in [2.05, 4.69) is 5.32 Å². The molecule has 3 aromatic rings. The lowest BCUT2D eigenvalue weighted by Gasteiger charge is -2.29. The van der Waals surface area contributed by atoms with Crippen LogP contribution in [0.1, 0.15) is 65.1 Å². The van der Waals surface area contributed by atoms with E-state index in [4.69, 9.17) is 9.72 Å². The number of pyridine rings is 2. The van der Waals surface area contributed by atoms with Gasteiger partial charge in [-0.05, 0) is 54.5 Å². The zero-order valence-corrected chi connectivity index (χ0v) is 19.2. The fourth-order valence-corrected chi connectivity index (χ4v) is 6.02. The van der Waals surface area contributed by atoms with Crippen LogP contribution >= 0.6 is 0 Å². The molecule has 2 unspecified atom stereocenters. The maximum atomic E-state index is 14.8. The Morgan fingerprint density at radius 1 is 1.26 bits per heavy atom. The van der Waals surface area contributed by atoms with Crippen LogP contribution in [0.3, 0.4) is 0 Å². The molecule has 0 saturated heterocycles. The Hall–Kier alpha value is -3.10. The number of esters is 1. The lowest BCUT2D eigenvalue weighted by molar-refractivity contribution is -0.148. The van der Waals surface area contributed by atoms with Crippen molar-refractivity contribution in [2.24, 2.45) is 0 Å². The number of carbonyl (C=O) groups is 1. The number of aryl methyl sites for hydroxylation is 1. The highest BCUT2D eigenvalue weighted by Gasteiger charge is 2.37. The predicted molar refractivity (Wildman–Crippen MR) is 124 cm³/mol. The minimum atomic E-state index is -0.476. The molecule has 0 saturated carbocycles. The molecule has 3 aliphatic rings. The molecule has 6 rings (SSSR count). The summed E-state index contributed by atoms with van der Waals surface area (Å²) in [6.07, 6.45) is 2.03. The Morgan fingerprint density at radius 2 is 2.09 bits per heavy atom. The normalized spacial score (nSPS) is 20.2. The van der Waals surface area contributed by atoms with Gasteiger partial charge >= 0.3 is 5.97 Å². The van der Waals surface area contributed by atoms with Crippen molar-refractivity contribution in [1.82, 2.24) is 14.9 Å². The van der Waals surface area contributed by atoms with E-state index in [0.29, 0.717) is 53.1 Å². The Bertz CT molecular complexity index is 1440. The van der Waals surface area contributed by atoms with Crippen LogP contribution < -0.4 is 10.9 Å². The largest absolute Gasteiger partial charge is 0.460 e. The summed E-state index contributed by atoms with van der Waals surface area (Å²) < 4.78 is 21.8. The molecule has 7 nitrogen and oxygen atoms in total. The van der Waals surface area contributed by atoms with Crippen molar-refractivity contribution >= 4 is 16.9 Å². The van der Waals surface area contributed by atoms with Crippen molar-refractivity contribution in [2.45, 2.75) is 58.2 Å². The first kappa shape index (κ1) is 21.4. The molecule has 0 amide bonds. The van der Waals surface area contributed by atoms with Crippen LogP contribution in [0.25, 0.3) is 22.3 Å². The van der Waals surface area contributed by atoms with E-state index in [1.807, 2.05) is 13.0 Å². The van der Waals surface area contributed by atoms with Gasteiger partial charge in [-0.15, -0.1) is 0 Å². The summed E-state index contributed by atoms with van der Waals surface area (Å²) in [5.74, 6) is -1.07. The minimum Gasteiger partial charge on any atom is -0.460 e. The summed E-state index contributed by atoms with van der Waals surface area (Å²) in [7, 11) is 0. The number of ether oxygens (including phenoxy) is 1. The number of nitrogens with zero attached hydrogens (tertiary/aromatic N) is 2. The van der Waals surface area contributed by atoms with Gasteiger partial charge in [0.2, 0.25) is 0 Å². The van der Waals surface area contributed by atoms with Crippen LogP contribution in [0.4, 0.5) is 4.39 Å². The van der Waals surface area contributed by atoms with E-state index in [1.165, 1.54) is 6.07 Å². The summed E-state index contributed by atoms with van der Waals surface area (Å²) in [6.45, 7) is 4.51. The second-order valence-electron chi connectivity index (χ2n) is 9.40. The Balaban J connectivity index is 1.65. The number of aliphatic hydroxyl groups is 1. The zero-order valence-electron chi connectivity index (χ0n) is 19.2. The number of aliphatic hydroxyl groups excluding tert-OH is 1. The van der Waals surface area contributed by atoms with Gasteiger partial charge in [-0.3, -0.25) is 9.59 Å². The van der Waals surface area contributed by atoms with Gasteiger partial charge in [-0.2, -0.15) is 0 Å². The highest BCUT2D eigenvalue weighted by atomic mass is 19.1. The number of halogens is 1. The van der Waals surface area contributed by atoms with E-state index in [0.717, 1.165) is 34.9 Å². The number of fused-ring (bicyclic) bond motifs is 5. The van der Waals surface area contributed by atoms with Gasteiger partial charge < -0.3 is 19.7 Å². The van der Waals surface area contributed by atoms with Crippen LogP contribution in [-0.4, -0.2) is 33.8 Å². The maximum absolute atomic E-state index is 14.8. The quantitative estimate of drug-likeness (QED) is 0.452. The zero-order chi connectivity index (χ0) is 23.7. The third-order valence-electron chi connectivity index (χ3n) is 7.70. The van der Waals surface area contributed by atoms with E-state index < -0.39 is 5.92 Å². The van der Waals surface area contributed by atoms with Gasteiger partial charge in [0.1, 0.15) is 12.4 Å². The molecule has 8 heteroatoms. The molecule has 2 atom stereocenters. The molecule has 0 spiro atoms. The van der Waals surface area contributed by atoms with E-state index >= 15 is 0 Å². The minimum absolute atomic E-state index is 0.0149. The average Bonchev–Trinajstić information content (AvgIpc) is 3.20. The van der Waals surface area contributed by atoms with Crippen LogP contribution in [0.2, 0.25) is 0 Å². The number of cyclic esters (lactones) is 1. The van der Waals surface area contributed by atoms with Crippen LogP contribution in [0.5, 0.6) is 0 Å². The van der Waals surface area contributed by atoms with E-state index in [1.54, 1.807) is 11.5 Å². The van der Waals surface area contributed by atoms with Crippen molar-refractivity contribution in [1.29, 1.82) is 0 Å². The van der Waals surface area contributed by atoms with Gasteiger partial charge in [0.05, 0.1) is 41.5 Å². The van der Waals surface area contributed by atoms with Crippen molar-refractivity contribution in [3.05, 3.63) is 61.7 Å². The van der Waals surface area contributed by atoms with Crippen LogP contribution in [-0.2, 0) is 29.1 Å². The van der Waals surface area contributed by atoms with E-state index in [9.17, 15) is 19.1 Å². The molecule has 176 valence electrons. The highest BCUT2D eigenvalue weighted by Crippen LogP contribution is 2.45. The molecular formula is C26H26FN3O4. The standard InChI is InChI=1S/C26H26FN3O4/c1-3-13-15-8-21-24-16(10-30(21)25(32)17(15)11-34-26(13)33)23-19(28-6-7-31)5-4-14-12(2)18(27)9-20(29-24)22(14)23/h8-9,13,19,28,31H,3-7,10-11H2,1-2H3. The van der Waals surface area contributed by atoms with Gasteiger partial charge in [0.25, 0.3) is 5.56 Å². The smallest absolute Gasteiger partial charge is 0.313 e. The summed E-state index contributed by atoms with van der Waals surface area (Å²) in [6, 6.07) is 3.36. The molecule has 4 heterocycles. The summed E-state index contributed by atoms with van der Waals surface area (Å²) in [4.78, 5) is 30.8. The van der Waals surface area contributed by atoms with Gasteiger partial charge in [0, 0.05) is 29.6 Å². The SMILES string of the molecule is CCC1C(=O)OCc2c1cc1n(c2=O)Cc2c-1nc1cc(F)c(C)c3c1c2C(NCCO)CC3. The summed E-state index contributed by atoms with van der Waals surface area (Å²) in [5, 5.41) is 13.8. The van der Waals surface area contributed by atoms with Crippen LogP contribution in [0.15, 0.2) is 16.9 Å². The van der Waals surface area contributed by atoms with Crippen molar-refractivity contribution in [2.75, 3.05) is 13.2 Å². The number of aromatic nitrogens is 2. The van der Waals surface area contributed by atoms with Crippen LogP contribution in [0, 0.1) is 12.7 Å². The van der Waals surface area contributed by atoms with Gasteiger partial charge in [-0.25, -0.2) is 9.37 Å². The Labute approximate surface area is 195 Å². The first-order chi connectivity index (χ1) is 16.4. The molecule has 1 aliphatic carbocycles. The third-order valence-corrected chi connectivity index (χ3v) is 7.70. The molecule has 34 heavy (non-hydrogen) atoms. The number of hydrogen-bond acceptors (Lipinski definition) is 6. The molecule has 2 aromatic heterocycles. The highest BCUT2D eigenvalue weighted by molar-refractivity contribution is 5.93. The number of benzene rings is 1. The van der Waals surface area contributed by atoms with Crippen molar-refractivity contribution < 1.29 is 19.0 Å². The number of rotatable bonds is 4. The lowest BCUT2D eigenvalue weighted by atomic mass is 9.81. The Kier molecular flexibility index (Phi) is 4.86. The van der Waals surface area contributed by atoms with Crippen molar-refractivity contribution in [3.8, 4) is 11.4 Å². The topological polar surface area (TPSA) is 93.5 Å². The molecule has 1 aromatic carbocycles. The molecular weight excluding hydrogens is 437 g/mol. The predicted octanol–water partition coefficient (Wildman–Crippen LogP) is 2.99. The number of carbonyl (C=O) groups excluding carboxylic acids is 1. The molecule has 2 N–H and O–H groups in total. The summed E-state index contributed by atoms with van der Waals surface area (Å²) in [5.41, 5.74) is 6.59. The molecule has 0 fully saturated rings. The Morgan fingerprint density at radius 3 is 2.85 bits per heavy atom. The van der Waals surface area contributed by atoms with E-state index in [-0.39, 0.29) is 36.6 Å². The van der Waals surface area contributed by atoms with Crippen molar-refractivity contribution in [3.63, 3.8) is 0 Å². The molecule has 0 bridgehead atoms. The number of nitrogens with one attached hydrogen (secondary N) is 1. The van der Waals surface area contributed by atoms with Gasteiger partial charge in [-0.1, -0.05) is 6.92 Å². The second kappa shape index (κ2) is 7.71. The third kappa shape index (κ3) is 2.85. The maximum Gasteiger partial charge on any atom is 0.313 e. The average molecular weight is 464 g/mol. The lowest BCUT2D eigenvalue weighted by Crippen LogP contribution is -2.32. The fourth-order valence-electron chi connectivity index (χ4n) is 6.02. The second-order valence-corrected chi connectivity index (χ2v) is 9.40. The first-order valence-corrected chi connectivity index (χ1v) is 11.9. The fraction of sp³-hybridized carbons (Fsp3) is 0.423. The first-order valence-electron chi connectivity index (χ1n) is 11.9. The molecule has 0 radical (unpaired) electrons. The monoisotopic (exact) mass is 463 g/mol. The summed E-state index contributed by atoms with van der Waals surface area (Å²) >= 11 is 0. The van der Waals surface area contributed by atoms with Gasteiger partial charge in [0.15, 0.2) is 0 Å². The molecule has 2 aliphatic heterocycles. The number of hydrogen-bond donors (Lipinski definition) is 2.